The second kappa shape index (κ2) is 5.19. The minimum Gasteiger partial charge on any atom is -0.367 e. The fraction of sp³-hybridized carbons (Fsp3) is 0.462. The number of anilines is 1. The lowest BCUT2D eigenvalue weighted by Crippen LogP contribution is -2.44. The number of carbonyl (C=O) groups excluding carboxylic acids is 1. The molecule has 1 atom stereocenters. The highest BCUT2D eigenvalue weighted by atomic mass is 16.1. The quantitative estimate of drug-likeness (QED) is 0.821. The summed E-state index contributed by atoms with van der Waals surface area (Å²) in [5.41, 5.74) is 12.7. The summed E-state index contributed by atoms with van der Waals surface area (Å²) in [7, 11) is 0. The average Bonchev–Trinajstić information content (AvgIpc) is 2.39. The van der Waals surface area contributed by atoms with Gasteiger partial charge < -0.3 is 16.4 Å². The molecule has 0 spiro atoms. The zero-order chi connectivity index (χ0) is 12.3. The van der Waals surface area contributed by atoms with Crippen molar-refractivity contribution in [3.05, 3.63) is 29.8 Å². The van der Waals surface area contributed by atoms with E-state index in [2.05, 4.69) is 4.90 Å². The number of amides is 1. The van der Waals surface area contributed by atoms with Crippen LogP contribution >= 0.6 is 0 Å². The Hall–Kier alpha value is -1.55. The van der Waals surface area contributed by atoms with Crippen LogP contribution < -0.4 is 16.4 Å². The Balaban J connectivity index is 2.17. The van der Waals surface area contributed by atoms with Gasteiger partial charge in [-0.1, -0.05) is 0 Å². The molecule has 0 aromatic heterocycles. The molecule has 4 heteroatoms. The highest BCUT2D eigenvalue weighted by Crippen LogP contribution is 2.24. The maximum Gasteiger partial charge on any atom is 0.248 e. The monoisotopic (exact) mass is 233 g/mol. The van der Waals surface area contributed by atoms with E-state index in [9.17, 15) is 4.79 Å². The lowest BCUT2D eigenvalue weighted by Gasteiger charge is -2.37. The van der Waals surface area contributed by atoms with Gasteiger partial charge in [-0.15, -0.1) is 0 Å². The molecule has 1 heterocycles. The van der Waals surface area contributed by atoms with Crippen LogP contribution in [0.2, 0.25) is 0 Å². The highest BCUT2D eigenvalue weighted by molar-refractivity contribution is 5.93. The first-order chi connectivity index (χ1) is 8.22. The number of piperidine rings is 1. The van der Waals surface area contributed by atoms with E-state index in [1.807, 2.05) is 12.1 Å². The first-order valence-electron chi connectivity index (χ1n) is 6.09. The van der Waals surface area contributed by atoms with Crippen molar-refractivity contribution in [3.63, 3.8) is 0 Å². The maximum absolute atomic E-state index is 11.0. The summed E-state index contributed by atoms with van der Waals surface area (Å²) >= 11 is 0. The summed E-state index contributed by atoms with van der Waals surface area (Å²) < 4.78 is 0. The van der Waals surface area contributed by atoms with Crippen molar-refractivity contribution < 1.29 is 4.79 Å². The minimum atomic E-state index is -0.384. The third-order valence-electron chi connectivity index (χ3n) is 3.38. The largest absolute Gasteiger partial charge is 0.367 e. The molecule has 1 aliphatic heterocycles. The number of carbonyl (C=O) groups is 1. The summed E-state index contributed by atoms with van der Waals surface area (Å²) in [6.45, 7) is 1.72. The van der Waals surface area contributed by atoms with E-state index >= 15 is 0 Å². The van der Waals surface area contributed by atoms with Crippen LogP contribution in [-0.4, -0.2) is 25.0 Å². The first-order valence-corrected chi connectivity index (χ1v) is 6.09. The van der Waals surface area contributed by atoms with E-state index < -0.39 is 0 Å². The third kappa shape index (κ3) is 2.58. The molecule has 92 valence electrons. The van der Waals surface area contributed by atoms with Gasteiger partial charge in [0.15, 0.2) is 0 Å². The first kappa shape index (κ1) is 11.9. The predicted octanol–water partition coefficient (Wildman–Crippen LogP) is 1.10. The zero-order valence-electron chi connectivity index (χ0n) is 9.93. The van der Waals surface area contributed by atoms with Crippen LogP contribution in [0.4, 0.5) is 5.69 Å². The Morgan fingerprint density at radius 2 is 2.00 bits per heavy atom. The van der Waals surface area contributed by atoms with Gasteiger partial charge in [0.05, 0.1) is 0 Å². The molecule has 4 nitrogen and oxygen atoms in total. The molecule has 1 amide bonds. The van der Waals surface area contributed by atoms with Gasteiger partial charge in [-0.2, -0.15) is 0 Å². The van der Waals surface area contributed by atoms with Crippen molar-refractivity contribution in [2.75, 3.05) is 18.0 Å². The van der Waals surface area contributed by atoms with Gasteiger partial charge in [0.2, 0.25) is 5.91 Å². The van der Waals surface area contributed by atoms with Crippen molar-refractivity contribution in [2.45, 2.75) is 25.3 Å². The molecule has 0 aliphatic carbocycles. The van der Waals surface area contributed by atoms with Gasteiger partial charge in [0.1, 0.15) is 0 Å². The van der Waals surface area contributed by atoms with E-state index in [1.54, 1.807) is 12.1 Å². The summed E-state index contributed by atoms with van der Waals surface area (Å²) in [5, 5.41) is 0. The normalized spacial score (nSPS) is 20.3. The molecule has 0 radical (unpaired) electrons. The molecule has 2 rings (SSSR count). The van der Waals surface area contributed by atoms with E-state index in [1.165, 1.54) is 12.8 Å². The Morgan fingerprint density at radius 3 is 2.59 bits per heavy atom. The number of nitrogens with two attached hydrogens (primary N) is 2. The van der Waals surface area contributed by atoms with E-state index in [4.69, 9.17) is 11.5 Å². The molecule has 4 N–H and O–H groups in total. The molecule has 1 aromatic carbocycles. The van der Waals surface area contributed by atoms with Crippen molar-refractivity contribution in [1.29, 1.82) is 0 Å². The Morgan fingerprint density at radius 1 is 1.29 bits per heavy atom. The fourth-order valence-corrected chi connectivity index (χ4v) is 2.40. The van der Waals surface area contributed by atoms with Gasteiger partial charge >= 0.3 is 0 Å². The van der Waals surface area contributed by atoms with Crippen LogP contribution in [0.15, 0.2) is 24.3 Å². The van der Waals surface area contributed by atoms with E-state index in [0.29, 0.717) is 18.2 Å². The topological polar surface area (TPSA) is 72.3 Å². The Kier molecular flexibility index (Phi) is 3.64. The second-order valence-electron chi connectivity index (χ2n) is 4.49. The number of nitrogens with zero attached hydrogens (tertiary/aromatic N) is 1. The minimum absolute atomic E-state index is 0.384. The van der Waals surface area contributed by atoms with Crippen LogP contribution in [0.25, 0.3) is 0 Å². The van der Waals surface area contributed by atoms with Crippen LogP contribution in [0.5, 0.6) is 0 Å². The lowest BCUT2D eigenvalue weighted by atomic mass is 10.0. The fourth-order valence-electron chi connectivity index (χ4n) is 2.40. The third-order valence-corrected chi connectivity index (χ3v) is 3.38. The van der Waals surface area contributed by atoms with E-state index in [0.717, 1.165) is 18.7 Å². The maximum atomic E-state index is 11.0. The number of primary amides is 1. The van der Waals surface area contributed by atoms with Crippen molar-refractivity contribution >= 4 is 11.6 Å². The van der Waals surface area contributed by atoms with Gasteiger partial charge in [-0.05, 0) is 43.5 Å². The van der Waals surface area contributed by atoms with Gasteiger partial charge in [-0.3, -0.25) is 4.79 Å². The predicted molar refractivity (Wildman–Crippen MR) is 69.0 cm³/mol. The molecule has 1 unspecified atom stereocenters. The average molecular weight is 233 g/mol. The van der Waals surface area contributed by atoms with Gasteiger partial charge in [0, 0.05) is 30.4 Å². The Labute approximate surface area is 102 Å². The molecule has 1 fully saturated rings. The molecule has 1 aromatic rings. The lowest BCUT2D eigenvalue weighted by molar-refractivity contribution is 0.100. The van der Waals surface area contributed by atoms with Crippen LogP contribution in [0, 0.1) is 0 Å². The molecule has 1 saturated heterocycles. The molecule has 1 aliphatic rings. The van der Waals surface area contributed by atoms with Crippen molar-refractivity contribution in [1.82, 2.24) is 0 Å². The van der Waals surface area contributed by atoms with E-state index in [-0.39, 0.29) is 5.91 Å². The smallest absolute Gasteiger partial charge is 0.248 e. The molecular weight excluding hydrogens is 214 g/mol. The molecule has 17 heavy (non-hydrogen) atoms. The number of hydrogen-bond donors (Lipinski definition) is 2. The van der Waals surface area contributed by atoms with Gasteiger partial charge in [-0.25, -0.2) is 0 Å². The summed E-state index contributed by atoms with van der Waals surface area (Å²) in [6.07, 6.45) is 3.60. The zero-order valence-corrected chi connectivity index (χ0v) is 9.93. The molecule has 0 bridgehead atoms. The number of hydrogen-bond acceptors (Lipinski definition) is 3. The van der Waals surface area contributed by atoms with Crippen LogP contribution in [0.3, 0.4) is 0 Å². The summed E-state index contributed by atoms with van der Waals surface area (Å²) in [5.74, 6) is -0.384. The summed E-state index contributed by atoms with van der Waals surface area (Å²) in [6, 6.07) is 7.88. The Bertz CT molecular complexity index is 388. The van der Waals surface area contributed by atoms with Crippen molar-refractivity contribution in [3.8, 4) is 0 Å². The number of benzene rings is 1. The van der Waals surface area contributed by atoms with Crippen LogP contribution in [-0.2, 0) is 0 Å². The van der Waals surface area contributed by atoms with Crippen LogP contribution in [0.1, 0.15) is 29.6 Å². The van der Waals surface area contributed by atoms with Crippen molar-refractivity contribution in [2.24, 2.45) is 11.5 Å². The molecule has 0 saturated carbocycles. The standard InChI is InChI=1S/C13H19N3O/c14-9-12-3-1-2-8-16(12)11-6-4-10(5-7-11)13(15)17/h4-7,12H,1-3,8-9,14H2,(H2,15,17). The SMILES string of the molecule is NCC1CCCCN1c1ccc(C(N)=O)cc1. The van der Waals surface area contributed by atoms with Gasteiger partial charge in [0.25, 0.3) is 0 Å². The molecular formula is C13H19N3O. The second-order valence-corrected chi connectivity index (χ2v) is 4.49. The highest BCUT2D eigenvalue weighted by Gasteiger charge is 2.21. The summed E-state index contributed by atoms with van der Waals surface area (Å²) in [4.78, 5) is 13.3. The number of rotatable bonds is 3.